The fourth-order valence-corrected chi connectivity index (χ4v) is 3.79. The maximum absolute atomic E-state index is 5.64. The molecule has 7 heteroatoms. The van der Waals surface area contributed by atoms with Crippen molar-refractivity contribution in [3.63, 3.8) is 0 Å². The molecule has 0 bridgehead atoms. The molecule has 1 atom stereocenters. The lowest BCUT2D eigenvalue weighted by Gasteiger charge is -2.24. The molecular weight excluding hydrogens is 455 g/mol. The summed E-state index contributed by atoms with van der Waals surface area (Å²) in [6.45, 7) is 7.29. The van der Waals surface area contributed by atoms with E-state index in [1.54, 1.807) is 0 Å². The van der Waals surface area contributed by atoms with Gasteiger partial charge in [0.1, 0.15) is 5.69 Å². The van der Waals surface area contributed by atoms with E-state index in [2.05, 4.69) is 22.3 Å². The van der Waals surface area contributed by atoms with Gasteiger partial charge in [0.15, 0.2) is 11.7 Å². The first-order chi connectivity index (χ1) is 12.8. The lowest BCUT2D eigenvalue weighted by Crippen LogP contribution is -2.41. The summed E-state index contributed by atoms with van der Waals surface area (Å²) in [6, 6.07) is 12.0. The number of guanidine groups is 1. The van der Waals surface area contributed by atoms with Crippen LogP contribution in [0.25, 0.3) is 11.3 Å². The molecule has 0 amide bonds. The monoisotopic (exact) mass is 482 g/mol. The second-order valence-corrected chi connectivity index (χ2v) is 7.19. The molecular formula is C20H27IN4O2. The molecule has 1 N–H and O–H groups in total. The van der Waals surface area contributed by atoms with Crippen LogP contribution in [0.1, 0.15) is 25.5 Å². The first kappa shape index (κ1) is 20.1. The number of nitrogens with one attached hydrogen (secondary N) is 1. The van der Waals surface area contributed by atoms with Gasteiger partial charge in [-0.25, -0.2) is 4.99 Å². The van der Waals surface area contributed by atoms with Crippen LogP contribution in [0.15, 0.2) is 45.9 Å². The summed E-state index contributed by atoms with van der Waals surface area (Å²) in [6.07, 6.45) is 2.34. The predicted octanol–water partition coefficient (Wildman–Crippen LogP) is 3.54. The molecule has 0 saturated carbocycles. The summed E-state index contributed by atoms with van der Waals surface area (Å²) in [4.78, 5) is 7.15. The van der Waals surface area contributed by atoms with Gasteiger partial charge in [-0.3, -0.25) is 0 Å². The molecule has 27 heavy (non-hydrogen) atoms. The van der Waals surface area contributed by atoms with Crippen molar-refractivity contribution in [2.45, 2.75) is 26.3 Å². The minimum Gasteiger partial charge on any atom is -0.381 e. The number of halogens is 1. The van der Waals surface area contributed by atoms with Crippen LogP contribution in [-0.4, -0.2) is 48.9 Å². The topological polar surface area (TPSA) is 62.9 Å². The van der Waals surface area contributed by atoms with Gasteiger partial charge in [0.05, 0.1) is 13.2 Å². The third kappa shape index (κ3) is 4.63. The molecule has 2 saturated heterocycles. The third-order valence-electron chi connectivity index (χ3n) is 5.27. The zero-order valence-electron chi connectivity index (χ0n) is 15.7. The van der Waals surface area contributed by atoms with E-state index in [4.69, 9.17) is 14.3 Å². The van der Waals surface area contributed by atoms with E-state index in [0.717, 1.165) is 62.2 Å². The summed E-state index contributed by atoms with van der Waals surface area (Å²) >= 11 is 0. The zero-order valence-corrected chi connectivity index (χ0v) is 18.0. The maximum atomic E-state index is 5.64. The van der Waals surface area contributed by atoms with E-state index >= 15 is 0 Å². The highest BCUT2D eigenvalue weighted by Gasteiger charge is 2.42. The molecule has 3 heterocycles. The highest BCUT2D eigenvalue weighted by atomic mass is 127. The van der Waals surface area contributed by atoms with Crippen molar-refractivity contribution in [3.05, 3.63) is 42.1 Å². The summed E-state index contributed by atoms with van der Waals surface area (Å²) in [5.74, 6) is 1.74. The molecule has 1 aromatic carbocycles. The smallest absolute Gasteiger partial charge is 0.194 e. The summed E-state index contributed by atoms with van der Waals surface area (Å²) in [5.41, 5.74) is 2.20. The van der Waals surface area contributed by atoms with Crippen LogP contribution in [0.3, 0.4) is 0 Å². The molecule has 2 aromatic rings. The van der Waals surface area contributed by atoms with Gasteiger partial charge < -0.3 is 19.5 Å². The lowest BCUT2D eigenvalue weighted by molar-refractivity contribution is 0.156. The van der Waals surface area contributed by atoms with Crippen LogP contribution in [-0.2, 0) is 11.3 Å². The molecule has 6 nitrogen and oxygen atoms in total. The van der Waals surface area contributed by atoms with Crippen LogP contribution < -0.4 is 5.32 Å². The van der Waals surface area contributed by atoms with Crippen molar-refractivity contribution in [2.75, 3.05) is 32.8 Å². The van der Waals surface area contributed by atoms with Gasteiger partial charge in [-0.15, -0.1) is 24.0 Å². The first-order valence-electron chi connectivity index (χ1n) is 9.40. The molecule has 4 rings (SSSR count). The van der Waals surface area contributed by atoms with E-state index in [-0.39, 0.29) is 24.0 Å². The Morgan fingerprint density at radius 3 is 2.89 bits per heavy atom. The van der Waals surface area contributed by atoms with Crippen molar-refractivity contribution < 1.29 is 9.26 Å². The number of likely N-dealkylation sites (tertiary alicyclic amines) is 1. The van der Waals surface area contributed by atoms with Crippen molar-refractivity contribution in [1.29, 1.82) is 0 Å². The van der Waals surface area contributed by atoms with Crippen LogP contribution >= 0.6 is 24.0 Å². The molecule has 2 fully saturated rings. The maximum Gasteiger partial charge on any atom is 0.194 e. The van der Waals surface area contributed by atoms with Gasteiger partial charge in [-0.2, -0.15) is 0 Å². The second-order valence-electron chi connectivity index (χ2n) is 7.19. The fourth-order valence-electron chi connectivity index (χ4n) is 3.79. The summed E-state index contributed by atoms with van der Waals surface area (Å²) < 4.78 is 11.1. The van der Waals surface area contributed by atoms with Crippen molar-refractivity contribution in [1.82, 2.24) is 15.4 Å². The largest absolute Gasteiger partial charge is 0.381 e. The molecule has 2 aliphatic rings. The Morgan fingerprint density at radius 2 is 2.15 bits per heavy atom. The van der Waals surface area contributed by atoms with Crippen LogP contribution in [0.4, 0.5) is 0 Å². The number of hydrogen-bond acceptors (Lipinski definition) is 4. The van der Waals surface area contributed by atoms with E-state index in [1.807, 2.05) is 36.4 Å². The van der Waals surface area contributed by atoms with E-state index in [1.165, 1.54) is 6.42 Å². The van der Waals surface area contributed by atoms with Crippen molar-refractivity contribution in [3.8, 4) is 11.3 Å². The van der Waals surface area contributed by atoms with Gasteiger partial charge in [-0.05, 0) is 19.8 Å². The van der Waals surface area contributed by atoms with Crippen molar-refractivity contribution in [2.24, 2.45) is 10.4 Å². The number of aliphatic imine (C=N–C) groups is 1. The third-order valence-corrected chi connectivity index (χ3v) is 5.27. The Hall–Kier alpha value is -1.61. The Bertz CT molecular complexity index is 756. The second kappa shape index (κ2) is 9.05. The van der Waals surface area contributed by atoms with Crippen LogP contribution in [0.2, 0.25) is 0 Å². The van der Waals surface area contributed by atoms with E-state index in [9.17, 15) is 0 Å². The van der Waals surface area contributed by atoms with Crippen LogP contribution in [0.5, 0.6) is 0 Å². The predicted molar refractivity (Wildman–Crippen MR) is 116 cm³/mol. The van der Waals surface area contributed by atoms with Gasteiger partial charge in [-0.1, -0.05) is 35.5 Å². The normalized spacial score (nSPS) is 22.3. The molecule has 0 aliphatic carbocycles. The van der Waals surface area contributed by atoms with Gasteiger partial charge >= 0.3 is 0 Å². The fraction of sp³-hybridized carbons (Fsp3) is 0.500. The number of nitrogens with zero attached hydrogens (tertiary/aromatic N) is 3. The number of benzene rings is 1. The Kier molecular flexibility index (Phi) is 6.75. The molecule has 0 radical (unpaired) electrons. The van der Waals surface area contributed by atoms with Gasteiger partial charge in [0, 0.05) is 43.3 Å². The zero-order chi connectivity index (χ0) is 17.8. The molecule has 1 spiro atoms. The standard InChI is InChI=1S/C20H26N4O2.HI/c1-2-21-19(24-10-8-20(14-24)9-11-25-15-20)22-13-17-12-18(26-23-17)16-6-4-3-5-7-16;/h3-7,12H,2,8-11,13-15H2,1H3,(H,21,22);1H. The Labute approximate surface area is 177 Å². The number of aromatic nitrogens is 1. The lowest BCUT2D eigenvalue weighted by atomic mass is 9.87. The number of ether oxygens (including phenoxy) is 1. The van der Waals surface area contributed by atoms with Crippen molar-refractivity contribution >= 4 is 29.9 Å². The van der Waals surface area contributed by atoms with Gasteiger partial charge in [0.2, 0.25) is 0 Å². The molecule has 1 unspecified atom stereocenters. The first-order valence-corrected chi connectivity index (χ1v) is 9.40. The van der Waals surface area contributed by atoms with E-state index in [0.29, 0.717) is 12.0 Å². The molecule has 146 valence electrons. The molecule has 1 aromatic heterocycles. The highest BCUT2D eigenvalue weighted by Crippen LogP contribution is 2.38. The SMILES string of the molecule is CCNC(=NCc1cc(-c2ccccc2)on1)N1CCC2(CCOC2)C1.I. The summed E-state index contributed by atoms with van der Waals surface area (Å²) in [5, 5.41) is 7.59. The average molecular weight is 482 g/mol. The summed E-state index contributed by atoms with van der Waals surface area (Å²) in [7, 11) is 0. The van der Waals surface area contributed by atoms with E-state index < -0.39 is 0 Å². The number of rotatable bonds is 4. The quantitative estimate of drug-likeness (QED) is 0.411. The van der Waals surface area contributed by atoms with Crippen LogP contribution in [0, 0.1) is 5.41 Å². The molecule has 2 aliphatic heterocycles. The minimum absolute atomic E-state index is 0. The highest BCUT2D eigenvalue weighted by molar-refractivity contribution is 14.0. The number of hydrogen-bond donors (Lipinski definition) is 1. The Morgan fingerprint density at radius 1 is 1.30 bits per heavy atom. The van der Waals surface area contributed by atoms with Gasteiger partial charge in [0.25, 0.3) is 0 Å². The average Bonchev–Trinajstić information content (AvgIpc) is 3.42. The Balaban J connectivity index is 0.00000210. The minimum atomic E-state index is 0.